The highest BCUT2D eigenvalue weighted by Crippen LogP contribution is 2.33. The largest absolute Gasteiger partial charge is 0.325 e. The molecule has 2 heterocycles. The minimum atomic E-state index is -0.183. The summed E-state index contributed by atoms with van der Waals surface area (Å²) in [6.45, 7) is 3.01. The number of hydrogen-bond donors (Lipinski definition) is 3. The second-order valence-corrected chi connectivity index (χ2v) is 6.25. The summed E-state index contributed by atoms with van der Waals surface area (Å²) in [6.07, 6.45) is 2.25. The molecule has 112 valence electrons. The van der Waals surface area contributed by atoms with Crippen molar-refractivity contribution in [2.45, 2.75) is 32.2 Å². The zero-order valence-corrected chi connectivity index (χ0v) is 12.6. The Labute approximate surface area is 128 Å². The number of amides is 2. The van der Waals surface area contributed by atoms with Crippen molar-refractivity contribution in [2.24, 2.45) is 5.92 Å². The van der Waals surface area contributed by atoms with Gasteiger partial charge in [0.2, 0.25) is 11.8 Å². The van der Waals surface area contributed by atoms with Gasteiger partial charge in [0.1, 0.15) is 0 Å². The van der Waals surface area contributed by atoms with Crippen LogP contribution in [0.2, 0.25) is 5.02 Å². The third-order valence-corrected chi connectivity index (χ3v) is 4.37. The number of fused-ring (bicyclic) bond motifs is 1. The summed E-state index contributed by atoms with van der Waals surface area (Å²) >= 11 is 6.18. The van der Waals surface area contributed by atoms with Gasteiger partial charge >= 0.3 is 0 Å². The van der Waals surface area contributed by atoms with Crippen molar-refractivity contribution >= 4 is 34.8 Å². The quantitative estimate of drug-likeness (QED) is 0.784. The maximum absolute atomic E-state index is 12.3. The van der Waals surface area contributed by atoms with E-state index in [0.717, 1.165) is 30.6 Å². The van der Waals surface area contributed by atoms with Gasteiger partial charge in [-0.1, -0.05) is 18.5 Å². The second-order valence-electron chi connectivity index (χ2n) is 5.84. The molecule has 2 amide bonds. The molecule has 0 aliphatic carbocycles. The summed E-state index contributed by atoms with van der Waals surface area (Å²) in [4.78, 5) is 23.7. The summed E-state index contributed by atoms with van der Waals surface area (Å²) in [6, 6.07) is 3.28. The van der Waals surface area contributed by atoms with Gasteiger partial charge in [-0.25, -0.2) is 0 Å². The van der Waals surface area contributed by atoms with Crippen molar-refractivity contribution in [1.82, 2.24) is 5.32 Å². The molecule has 2 aliphatic rings. The molecule has 1 aromatic rings. The summed E-state index contributed by atoms with van der Waals surface area (Å²) in [5.74, 6) is 0.423. The first-order chi connectivity index (χ1) is 10.0. The van der Waals surface area contributed by atoms with E-state index in [-0.39, 0.29) is 17.9 Å². The molecule has 0 spiro atoms. The predicted octanol–water partition coefficient (Wildman–Crippen LogP) is 2.16. The van der Waals surface area contributed by atoms with Gasteiger partial charge in [0.25, 0.3) is 0 Å². The summed E-state index contributed by atoms with van der Waals surface area (Å²) in [5, 5.41) is 9.28. The van der Waals surface area contributed by atoms with Crippen LogP contribution in [0.1, 0.15) is 25.3 Å². The fourth-order valence-corrected chi connectivity index (χ4v) is 3.08. The van der Waals surface area contributed by atoms with E-state index in [1.165, 1.54) is 0 Å². The van der Waals surface area contributed by atoms with Crippen LogP contribution in [-0.2, 0) is 16.0 Å². The number of piperidine rings is 1. The number of halogens is 1. The van der Waals surface area contributed by atoms with E-state index in [2.05, 4.69) is 22.9 Å². The maximum atomic E-state index is 12.3. The van der Waals surface area contributed by atoms with E-state index >= 15 is 0 Å². The Balaban J connectivity index is 1.74. The normalized spacial score (nSPS) is 24.4. The molecule has 5 nitrogen and oxygen atoms in total. The lowest BCUT2D eigenvalue weighted by molar-refractivity contribution is -0.119. The maximum Gasteiger partial charge on any atom is 0.241 e. The molecule has 1 fully saturated rings. The van der Waals surface area contributed by atoms with Gasteiger partial charge in [0.15, 0.2) is 0 Å². The number of carbonyl (C=O) groups is 2. The number of benzene rings is 1. The lowest BCUT2D eigenvalue weighted by atomic mass is 9.94. The van der Waals surface area contributed by atoms with Gasteiger partial charge in [0.05, 0.1) is 23.2 Å². The van der Waals surface area contributed by atoms with E-state index in [1.54, 1.807) is 12.1 Å². The Morgan fingerprint density at radius 2 is 2.24 bits per heavy atom. The molecule has 0 aromatic heterocycles. The van der Waals surface area contributed by atoms with Crippen LogP contribution in [0.15, 0.2) is 12.1 Å². The summed E-state index contributed by atoms with van der Waals surface area (Å²) in [5.41, 5.74) is 2.16. The van der Waals surface area contributed by atoms with Crippen LogP contribution < -0.4 is 16.0 Å². The van der Waals surface area contributed by atoms with Gasteiger partial charge in [-0.3, -0.25) is 9.59 Å². The molecule has 0 bridgehead atoms. The van der Waals surface area contributed by atoms with E-state index in [0.29, 0.717) is 23.0 Å². The topological polar surface area (TPSA) is 70.2 Å². The van der Waals surface area contributed by atoms with Crippen molar-refractivity contribution in [3.8, 4) is 0 Å². The average molecular weight is 308 g/mol. The first-order valence-corrected chi connectivity index (χ1v) is 7.57. The summed E-state index contributed by atoms with van der Waals surface area (Å²) < 4.78 is 0. The molecule has 3 N–H and O–H groups in total. The molecule has 0 radical (unpaired) electrons. The molecule has 21 heavy (non-hydrogen) atoms. The fraction of sp³-hybridized carbons (Fsp3) is 0.467. The number of hydrogen-bond acceptors (Lipinski definition) is 3. The lowest BCUT2D eigenvalue weighted by Gasteiger charge is -2.27. The van der Waals surface area contributed by atoms with Gasteiger partial charge < -0.3 is 16.0 Å². The Kier molecular flexibility index (Phi) is 3.87. The minimum absolute atomic E-state index is 0.0488. The van der Waals surface area contributed by atoms with Crippen LogP contribution in [0, 0.1) is 5.92 Å². The first-order valence-electron chi connectivity index (χ1n) is 7.19. The molecular weight excluding hydrogens is 290 g/mol. The van der Waals surface area contributed by atoms with Gasteiger partial charge in [-0.05, 0) is 43.0 Å². The van der Waals surface area contributed by atoms with Crippen LogP contribution in [-0.4, -0.2) is 24.4 Å². The smallest absolute Gasteiger partial charge is 0.241 e. The standard InChI is InChI=1S/C15H18ClN3O2/c1-8-2-3-17-13(4-8)15(21)19-12-5-9-6-14(20)18-11(9)7-10(12)16/h5,7-8,13,17H,2-4,6H2,1H3,(H,18,20)(H,19,21). The zero-order valence-electron chi connectivity index (χ0n) is 11.8. The third kappa shape index (κ3) is 3.04. The van der Waals surface area contributed by atoms with E-state index in [9.17, 15) is 9.59 Å². The van der Waals surface area contributed by atoms with Crippen LogP contribution in [0.25, 0.3) is 0 Å². The lowest BCUT2D eigenvalue weighted by Crippen LogP contribution is -2.45. The fourth-order valence-electron chi connectivity index (χ4n) is 2.87. The molecule has 2 aliphatic heterocycles. The summed E-state index contributed by atoms with van der Waals surface area (Å²) in [7, 11) is 0. The van der Waals surface area contributed by atoms with Crippen molar-refractivity contribution in [2.75, 3.05) is 17.2 Å². The first kappa shape index (κ1) is 14.4. The van der Waals surface area contributed by atoms with Crippen LogP contribution in [0.3, 0.4) is 0 Å². The van der Waals surface area contributed by atoms with Crippen LogP contribution >= 0.6 is 11.6 Å². The van der Waals surface area contributed by atoms with Crippen molar-refractivity contribution in [3.05, 3.63) is 22.7 Å². The van der Waals surface area contributed by atoms with Gasteiger partial charge in [-0.2, -0.15) is 0 Å². The van der Waals surface area contributed by atoms with E-state index < -0.39 is 0 Å². The highest BCUT2D eigenvalue weighted by molar-refractivity contribution is 6.34. The van der Waals surface area contributed by atoms with Crippen molar-refractivity contribution < 1.29 is 9.59 Å². The Morgan fingerprint density at radius 1 is 1.43 bits per heavy atom. The van der Waals surface area contributed by atoms with Gasteiger partial charge in [-0.15, -0.1) is 0 Å². The molecule has 0 saturated carbocycles. The van der Waals surface area contributed by atoms with E-state index in [4.69, 9.17) is 11.6 Å². The number of nitrogens with one attached hydrogen (secondary N) is 3. The second kappa shape index (κ2) is 5.66. The number of carbonyl (C=O) groups excluding carboxylic acids is 2. The third-order valence-electron chi connectivity index (χ3n) is 4.06. The molecular formula is C15H18ClN3O2. The van der Waals surface area contributed by atoms with Crippen LogP contribution in [0.5, 0.6) is 0 Å². The minimum Gasteiger partial charge on any atom is -0.325 e. The van der Waals surface area contributed by atoms with Gasteiger partial charge in [0, 0.05) is 5.69 Å². The highest BCUT2D eigenvalue weighted by Gasteiger charge is 2.26. The average Bonchev–Trinajstić information content (AvgIpc) is 2.78. The molecule has 2 atom stereocenters. The Hall–Kier alpha value is -1.59. The van der Waals surface area contributed by atoms with Crippen molar-refractivity contribution in [3.63, 3.8) is 0 Å². The number of rotatable bonds is 2. The molecule has 1 aromatic carbocycles. The SMILES string of the molecule is CC1CCNC(C(=O)Nc2cc3c(cc2Cl)NC(=O)C3)C1. The van der Waals surface area contributed by atoms with Crippen molar-refractivity contribution in [1.29, 1.82) is 0 Å². The molecule has 2 unspecified atom stereocenters. The Bertz CT molecular complexity index is 603. The highest BCUT2D eigenvalue weighted by atomic mass is 35.5. The molecule has 3 rings (SSSR count). The number of anilines is 2. The van der Waals surface area contributed by atoms with E-state index in [1.807, 2.05) is 0 Å². The monoisotopic (exact) mass is 307 g/mol. The predicted molar refractivity (Wildman–Crippen MR) is 82.6 cm³/mol. The zero-order chi connectivity index (χ0) is 15.0. The Morgan fingerprint density at radius 3 is 3.00 bits per heavy atom. The molecule has 6 heteroatoms. The molecule has 1 saturated heterocycles. The van der Waals surface area contributed by atoms with Crippen LogP contribution in [0.4, 0.5) is 11.4 Å².